The Bertz CT molecular complexity index is 802. The van der Waals surface area contributed by atoms with Gasteiger partial charge in [-0.05, 0) is 30.4 Å². The van der Waals surface area contributed by atoms with E-state index in [9.17, 15) is 9.59 Å². The monoisotopic (exact) mass is 374 g/mol. The molecule has 3 rings (SSSR count). The summed E-state index contributed by atoms with van der Waals surface area (Å²) in [6, 6.07) is 7.41. The lowest BCUT2D eigenvalue weighted by atomic mass is 10.0. The van der Waals surface area contributed by atoms with E-state index in [2.05, 4.69) is 30.5 Å². The SMILES string of the molecule is CC(=O)c1cc2c(cc1NC(=O)CNC(c1cccs1)C(C)C)OCO2. The Morgan fingerprint density at radius 1 is 1.23 bits per heavy atom. The number of hydrogen-bond donors (Lipinski definition) is 2. The van der Waals surface area contributed by atoms with E-state index in [4.69, 9.17) is 9.47 Å². The largest absolute Gasteiger partial charge is 0.454 e. The normalized spacial score (nSPS) is 13.7. The van der Waals surface area contributed by atoms with Gasteiger partial charge in [-0.2, -0.15) is 0 Å². The molecule has 0 radical (unpaired) electrons. The highest BCUT2D eigenvalue weighted by Gasteiger charge is 2.21. The zero-order chi connectivity index (χ0) is 18.7. The lowest BCUT2D eigenvalue weighted by Crippen LogP contribution is -2.33. The van der Waals surface area contributed by atoms with Gasteiger partial charge in [-0.25, -0.2) is 0 Å². The van der Waals surface area contributed by atoms with Crippen LogP contribution in [0.15, 0.2) is 29.6 Å². The Morgan fingerprint density at radius 2 is 1.96 bits per heavy atom. The molecule has 1 aromatic carbocycles. The van der Waals surface area contributed by atoms with Crippen LogP contribution < -0.4 is 20.1 Å². The molecule has 2 N–H and O–H groups in total. The summed E-state index contributed by atoms with van der Waals surface area (Å²) in [5.74, 6) is 1.03. The minimum Gasteiger partial charge on any atom is -0.454 e. The van der Waals surface area contributed by atoms with Crippen molar-refractivity contribution in [1.82, 2.24) is 5.32 Å². The van der Waals surface area contributed by atoms with Crippen molar-refractivity contribution in [1.29, 1.82) is 0 Å². The fraction of sp³-hybridized carbons (Fsp3) is 0.368. The highest BCUT2D eigenvalue weighted by Crippen LogP contribution is 2.37. The molecule has 1 aromatic heterocycles. The molecule has 0 spiro atoms. The molecule has 0 fully saturated rings. The Labute approximate surface area is 156 Å². The van der Waals surface area contributed by atoms with Crippen molar-refractivity contribution in [3.63, 3.8) is 0 Å². The highest BCUT2D eigenvalue weighted by atomic mass is 32.1. The van der Waals surface area contributed by atoms with Crippen molar-refractivity contribution in [2.24, 2.45) is 5.92 Å². The van der Waals surface area contributed by atoms with Crippen LogP contribution in [0.5, 0.6) is 11.5 Å². The van der Waals surface area contributed by atoms with Crippen molar-refractivity contribution < 1.29 is 19.1 Å². The lowest BCUT2D eigenvalue weighted by Gasteiger charge is -2.21. The van der Waals surface area contributed by atoms with Gasteiger partial charge >= 0.3 is 0 Å². The second kappa shape index (κ2) is 7.88. The third-order valence-electron chi connectivity index (χ3n) is 4.17. The van der Waals surface area contributed by atoms with E-state index < -0.39 is 0 Å². The maximum atomic E-state index is 12.4. The molecular weight excluding hydrogens is 352 g/mol. The Balaban J connectivity index is 1.69. The molecule has 0 saturated heterocycles. The first kappa shape index (κ1) is 18.4. The van der Waals surface area contributed by atoms with E-state index >= 15 is 0 Å². The second-order valence-corrected chi connectivity index (χ2v) is 7.45. The summed E-state index contributed by atoms with van der Waals surface area (Å²) in [6.45, 7) is 5.94. The number of carbonyl (C=O) groups is 2. The molecule has 2 aromatic rings. The highest BCUT2D eigenvalue weighted by molar-refractivity contribution is 7.10. The van der Waals surface area contributed by atoms with E-state index in [1.165, 1.54) is 11.8 Å². The fourth-order valence-corrected chi connectivity index (χ4v) is 3.84. The van der Waals surface area contributed by atoms with Gasteiger partial charge in [0, 0.05) is 22.5 Å². The third-order valence-corrected chi connectivity index (χ3v) is 5.12. The van der Waals surface area contributed by atoms with Gasteiger partial charge in [-0.1, -0.05) is 19.9 Å². The van der Waals surface area contributed by atoms with E-state index in [1.54, 1.807) is 23.5 Å². The first-order chi connectivity index (χ1) is 12.5. The third kappa shape index (κ3) is 4.05. The number of thiophene rings is 1. The van der Waals surface area contributed by atoms with Crippen molar-refractivity contribution >= 4 is 28.7 Å². The summed E-state index contributed by atoms with van der Waals surface area (Å²) in [7, 11) is 0. The second-order valence-electron chi connectivity index (χ2n) is 6.47. The number of rotatable bonds is 7. The summed E-state index contributed by atoms with van der Waals surface area (Å²) >= 11 is 1.67. The molecule has 1 atom stereocenters. The van der Waals surface area contributed by atoms with E-state index in [0.717, 1.165) is 0 Å². The number of ketones is 1. The van der Waals surface area contributed by atoms with Crippen LogP contribution >= 0.6 is 11.3 Å². The maximum Gasteiger partial charge on any atom is 0.238 e. The summed E-state index contributed by atoms with van der Waals surface area (Å²) < 4.78 is 10.6. The minimum absolute atomic E-state index is 0.102. The van der Waals surface area contributed by atoms with Gasteiger partial charge in [0.1, 0.15) is 0 Å². The summed E-state index contributed by atoms with van der Waals surface area (Å²) in [5.41, 5.74) is 0.840. The number of Topliss-reactive ketones (excluding diaryl/α,β-unsaturated/α-hetero) is 1. The minimum atomic E-state index is -0.214. The number of hydrogen-bond acceptors (Lipinski definition) is 6. The van der Waals surface area contributed by atoms with E-state index in [0.29, 0.717) is 28.7 Å². The standard InChI is InChI=1S/C19H22N2O4S/c1-11(2)19(17-5-4-6-26-17)20-9-18(23)21-14-8-16-15(24-10-25-16)7-13(14)12(3)22/h4-8,11,19-20H,9-10H2,1-3H3,(H,21,23). The van der Waals surface area contributed by atoms with Crippen molar-refractivity contribution in [2.45, 2.75) is 26.8 Å². The molecule has 138 valence electrons. The summed E-state index contributed by atoms with van der Waals surface area (Å²) in [5, 5.41) is 8.13. The van der Waals surface area contributed by atoms with Gasteiger partial charge in [-0.3, -0.25) is 9.59 Å². The molecule has 1 aliphatic heterocycles. The Morgan fingerprint density at radius 3 is 2.58 bits per heavy atom. The van der Waals surface area contributed by atoms with Crippen LogP contribution in [0.3, 0.4) is 0 Å². The van der Waals surface area contributed by atoms with Gasteiger partial charge in [0.25, 0.3) is 0 Å². The van der Waals surface area contributed by atoms with Crippen LogP contribution in [0.1, 0.15) is 42.0 Å². The smallest absolute Gasteiger partial charge is 0.238 e. The number of ether oxygens (including phenoxy) is 2. The molecule has 26 heavy (non-hydrogen) atoms. The fourth-order valence-electron chi connectivity index (χ4n) is 2.87. The van der Waals surface area contributed by atoms with Crippen LogP contribution in [0, 0.1) is 5.92 Å². The van der Waals surface area contributed by atoms with Gasteiger partial charge in [0.15, 0.2) is 17.3 Å². The van der Waals surface area contributed by atoms with Crippen molar-refractivity contribution in [3.8, 4) is 11.5 Å². The van der Waals surface area contributed by atoms with Gasteiger partial charge in [0.2, 0.25) is 12.7 Å². The first-order valence-electron chi connectivity index (χ1n) is 8.47. The van der Waals surface area contributed by atoms with Gasteiger partial charge < -0.3 is 20.1 Å². The van der Waals surface area contributed by atoms with Crippen LogP contribution in [0.2, 0.25) is 0 Å². The average Bonchev–Trinajstić information content (AvgIpc) is 3.24. The molecule has 0 bridgehead atoms. The van der Waals surface area contributed by atoms with Crippen molar-refractivity contribution in [3.05, 3.63) is 40.1 Å². The van der Waals surface area contributed by atoms with Crippen LogP contribution in [0.25, 0.3) is 0 Å². The van der Waals surface area contributed by atoms with Gasteiger partial charge in [0.05, 0.1) is 12.2 Å². The van der Waals surface area contributed by atoms with Crippen molar-refractivity contribution in [2.75, 3.05) is 18.7 Å². The predicted molar refractivity (Wildman–Crippen MR) is 101 cm³/mol. The predicted octanol–water partition coefficient (Wildman–Crippen LogP) is 3.60. The molecule has 0 saturated carbocycles. The van der Waals surface area contributed by atoms with Crippen LogP contribution in [-0.4, -0.2) is 25.0 Å². The van der Waals surface area contributed by atoms with Crippen LogP contribution in [0.4, 0.5) is 5.69 Å². The number of anilines is 1. The van der Waals surface area contributed by atoms with Gasteiger partial charge in [-0.15, -0.1) is 11.3 Å². The topological polar surface area (TPSA) is 76.7 Å². The molecular formula is C19H22N2O4S. The molecule has 0 aliphatic carbocycles. The average molecular weight is 374 g/mol. The number of carbonyl (C=O) groups excluding carboxylic acids is 2. The molecule has 7 heteroatoms. The molecule has 1 aliphatic rings. The molecule has 1 unspecified atom stereocenters. The Kier molecular flexibility index (Phi) is 5.58. The number of benzene rings is 1. The van der Waals surface area contributed by atoms with Crippen LogP contribution in [-0.2, 0) is 4.79 Å². The quantitative estimate of drug-likeness (QED) is 0.724. The summed E-state index contributed by atoms with van der Waals surface area (Å²) in [6.07, 6.45) is 0. The zero-order valence-electron chi connectivity index (χ0n) is 15.0. The Hall–Kier alpha value is -2.38. The maximum absolute atomic E-state index is 12.4. The van der Waals surface area contributed by atoms with E-state index in [-0.39, 0.29) is 31.1 Å². The first-order valence-corrected chi connectivity index (χ1v) is 9.35. The zero-order valence-corrected chi connectivity index (χ0v) is 15.8. The number of fused-ring (bicyclic) bond motifs is 1. The molecule has 1 amide bonds. The molecule has 6 nitrogen and oxygen atoms in total. The summed E-state index contributed by atoms with van der Waals surface area (Å²) in [4.78, 5) is 25.5. The van der Waals surface area contributed by atoms with E-state index in [1.807, 2.05) is 11.4 Å². The molecule has 2 heterocycles. The lowest BCUT2D eigenvalue weighted by molar-refractivity contribution is -0.115. The number of nitrogens with one attached hydrogen (secondary N) is 2. The number of amides is 1.